The molecule has 0 spiro atoms. The Balaban J connectivity index is 1.84. The van der Waals surface area contributed by atoms with Crippen molar-refractivity contribution in [2.45, 2.75) is 45.7 Å². The summed E-state index contributed by atoms with van der Waals surface area (Å²) in [5, 5.41) is 2.85. The summed E-state index contributed by atoms with van der Waals surface area (Å²) in [6.45, 7) is 4.11. The molecule has 5 nitrogen and oxygen atoms in total. The van der Waals surface area contributed by atoms with Gasteiger partial charge >= 0.3 is 0 Å². The molecule has 0 saturated heterocycles. The number of nitrogens with zero attached hydrogens (tertiary/aromatic N) is 1. The molecule has 3 N–H and O–H groups in total. The second kappa shape index (κ2) is 4.87. The maximum Gasteiger partial charge on any atom is 0.223 e. The fourth-order valence-corrected chi connectivity index (χ4v) is 2.18. The molecule has 1 aliphatic carbocycles. The number of hydrogen-bond donors (Lipinski definition) is 2. The first-order valence-electron chi connectivity index (χ1n) is 6.02. The maximum absolute atomic E-state index is 11.8. The van der Waals surface area contributed by atoms with Gasteiger partial charge in [-0.15, -0.1) is 0 Å². The molecule has 2 atom stereocenters. The lowest BCUT2D eigenvalue weighted by molar-refractivity contribution is -0.125. The van der Waals surface area contributed by atoms with Crippen molar-refractivity contribution in [3.05, 3.63) is 17.3 Å². The van der Waals surface area contributed by atoms with E-state index in [-0.39, 0.29) is 17.9 Å². The number of nitrogens with two attached hydrogens (primary N) is 1. The standard InChI is InChI=1S/C12H19N3O2/c1-7-8(2)17-11(15-7)6-14-12(16)9-3-4-10(13)5-9/h9-10H,3-6,13H2,1-2H3,(H,14,16). The average Bonchev–Trinajstić information content (AvgIpc) is 2.83. The summed E-state index contributed by atoms with van der Waals surface area (Å²) in [4.78, 5) is 16.0. The summed E-state index contributed by atoms with van der Waals surface area (Å²) in [5.74, 6) is 1.49. The highest BCUT2D eigenvalue weighted by atomic mass is 16.4. The molecule has 1 aromatic rings. The lowest BCUT2D eigenvalue weighted by atomic mass is 10.1. The zero-order chi connectivity index (χ0) is 12.4. The molecule has 1 amide bonds. The Morgan fingerprint density at radius 1 is 1.53 bits per heavy atom. The smallest absolute Gasteiger partial charge is 0.223 e. The number of aromatic nitrogens is 1. The van der Waals surface area contributed by atoms with Crippen LogP contribution in [-0.2, 0) is 11.3 Å². The van der Waals surface area contributed by atoms with Crippen molar-refractivity contribution in [1.82, 2.24) is 10.3 Å². The minimum absolute atomic E-state index is 0.0576. The van der Waals surface area contributed by atoms with E-state index < -0.39 is 0 Å². The van der Waals surface area contributed by atoms with Crippen molar-refractivity contribution in [2.24, 2.45) is 11.7 Å². The number of aryl methyl sites for hydroxylation is 2. The largest absolute Gasteiger partial charge is 0.444 e. The molecule has 0 bridgehead atoms. The molecule has 0 aromatic carbocycles. The van der Waals surface area contributed by atoms with E-state index in [0.717, 1.165) is 30.7 Å². The normalized spacial score (nSPS) is 23.9. The average molecular weight is 237 g/mol. The molecular weight excluding hydrogens is 218 g/mol. The van der Waals surface area contributed by atoms with Gasteiger partial charge in [-0.05, 0) is 33.1 Å². The summed E-state index contributed by atoms with van der Waals surface area (Å²) in [6.07, 6.45) is 2.61. The number of nitrogens with one attached hydrogen (secondary N) is 1. The van der Waals surface area contributed by atoms with E-state index in [0.29, 0.717) is 12.4 Å². The Bertz CT molecular complexity index is 394. The monoisotopic (exact) mass is 237 g/mol. The van der Waals surface area contributed by atoms with Crippen LogP contribution < -0.4 is 11.1 Å². The van der Waals surface area contributed by atoms with Crippen LogP contribution in [0.5, 0.6) is 0 Å². The molecule has 0 radical (unpaired) electrons. The van der Waals surface area contributed by atoms with Gasteiger partial charge in [0, 0.05) is 12.0 Å². The number of amides is 1. The first kappa shape index (κ1) is 12.1. The number of hydrogen-bond acceptors (Lipinski definition) is 4. The van der Waals surface area contributed by atoms with Crippen LogP contribution in [0.4, 0.5) is 0 Å². The van der Waals surface area contributed by atoms with Crippen LogP contribution >= 0.6 is 0 Å². The molecule has 94 valence electrons. The third kappa shape index (κ3) is 2.85. The van der Waals surface area contributed by atoms with Crippen molar-refractivity contribution >= 4 is 5.91 Å². The van der Waals surface area contributed by atoms with Crippen LogP contribution in [0.3, 0.4) is 0 Å². The number of rotatable bonds is 3. The maximum atomic E-state index is 11.8. The van der Waals surface area contributed by atoms with Crippen LogP contribution in [-0.4, -0.2) is 16.9 Å². The number of carbonyl (C=O) groups is 1. The third-order valence-electron chi connectivity index (χ3n) is 3.33. The molecule has 2 rings (SSSR count). The van der Waals surface area contributed by atoms with Gasteiger partial charge in [-0.3, -0.25) is 4.79 Å². The molecule has 1 heterocycles. The van der Waals surface area contributed by atoms with Crippen molar-refractivity contribution in [3.8, 4) is 0 Å². The van der Waals surface area contributed by atoms with Crippen molar-refractivity contribution in [2.75, 3.05) is 0 Å². The van der Waals surface area contributed by atoms with Gasteiger partial charge in [0.25, 0.3) is 0 Å². The highest BCUT2D eigenvalue weighted by Crippen LogP contribution is 2.24. The Kier molecular flexibility index (Phi) is 3.47. The van der Waals surface area contributed by atoms with Gasteiger partial charge < -0.3 is 15.5 Å². The van der Waals surface area contributed by atoms with Crippen LogP contribution in [0.15, 0.2) is 4.42 Å². The van der Waals surface area contributed by atoms with E-state index in [4.69, 9.17) is 10.2 Å². The molecule has 1 saturated carbocycles. The van der Waals surface area contributed by atoms with Gasteiger partial charge in [-0.1, -0.05) is 0 Å². The lowest BCUT2D eigenvalue weighted by Crippen LogP contribution is -2.30. The molecule has 1 aliphatic rings. The fraction of sp³-hybridized carbons (Fsp3) is 0.667. The van der Waals surface area contributed by atoms with Gasteiger partial charge in [-0.25, -0.2) is 4.98 Å². The first-order chi connectivity index (χ1) is 8.06. The van der Waals surface area contributed by atoms with E-state index in [1.54, 1.807) is 0 Å². The van der Waals surface area contributed by atoms with Crippen LogP contribution in [0.2, 0.25) is 0 Å². The topological polar surface area (TPSA) is 81.2 Å². The zero-order valence-corrected chi connectivity index (χ0v) is 10.3. The van der Waals surface area contributed by atoms with Crippen LogP contribution in [0.1, 0.15) is 36.6 Å². The van der Waals surface area contributed by atoms with Crippen LogP contribution in [0, 0.1) is 19.8 Å². The molecule has 1 fully saturated rings. The van der Waals surface area contributed by atoms with E-state index in [2.05, 4.69) is 10.3 Å². The van der Waals surface area contributed by atoms with Gasteiger partial charge in [-0.2, -0.15) is 0 Å². The van der Waals surface area contributed by atoms with Gasteiger partial charge in [0.15, 0.2) is 0 Å². The SMILES string of the molecule is Cc1nc(CNC(=O)C2CCC(N)C2)oc1C. The van der Waals surface area contributed by atoms with E-state index >= 15 is 0 Å². The Hall–Kier alpha value is -1.36. The Labute approximate surface area is 101 Å². The second-order valence-electron chi connectivity index (χ2n) is 4.74. The Morgan fingerprint density at radius 2 is 2.29 bits per heavy atom. The minimum atomic E-state index is 0.0576. The lowest BCUT2D eigenvalue weighted by Gasteiger charge is -2.08. The van der Waals surface area contributed by atoms with E-state index in [1.807, 2.05) is 13.8 Å². The quantitative estimate of drug-likeness (QED) is 0.823. The molecule has 1 aromatic heterocycles. The third-order valence-corrected chi connectivity index (χ3v) is 3.33. The van der Waals surface area contributed by atoms with Crippen molar-refractivity contribution in [1.29, 1.82) is 0 Å². The second-order valence-corrected chi connectivity index (χ2v) is 4.74. The van der Waals surface area contributed by atoms with E-state index in [1.165, 1.54) is 0 Å². The van der Waals surface area contributed by atoms with Gasteiger partial charge in [0.2, 0.25) is 11.8 Å². The van der Waals surface area contributed by atoms with Crippen molar-refractivity contribution in [3.63, 3.8) is 0 Å². The first-order valence-corrected chi connectivity index (χ1v) is 6.02. The summed E-state index contributed by atoms with van der Waals surface area (Å²) in [5.41, 5.74) is 6.65. The van der Waals surface area contributed by atoms with Crippen LogP contribution in [0.25, 0.3) is 0 Å². The summed E-state index contributed by atoms with van der Waals surface area (Å²) >= 11 is 0. The zero-order valence-electron chi connectivity index (χ0n) is 10.3. The number of carbonyl (C=O) groups excluding carboxylic acids is 1. The fourth-order valence-electron chi connectivity index (χ4n) is 2.18. The summed E-state index contributed by atoms with van der Waals surface area (Å²) < 4.78 is 5.40. The number of oxazole rings is 1. The molecule has 5 heteroatoms. The van der Waals surface area contributed by atoms with E-state index in [9.17, 15) is 4.79 Å². The molecule has 2 unspecified atom stereocenters. The summed E-state index contributed by atoms with van der Waals surface area (Å²) in [6, 6.07) is 0.178. The highest BCUT2D eigenvalue weighted by Gasteiger charge is 2.27. The summed E-state index contributed by atoms with van der Waals surface area (Å²) in [7, 11) is 0. The molecular formula is C12H19N3O2. The molecule has 17 heavy (non-hydrogen) atoms. The van der Waals surface area contributed by atoms with Gasteiger partial charge in [0.05, 0.1) is 12.2 Å². The molecule has 0 aliphatic heterocycles. The minimum Gasteiger partial charge on any atom is -0.444 e. The predicted molar refractivity (Wildman–Crippen MR) is 63.1 cm³/mol. The van der Waals surface area contributed by atoms with Gasteiger partial charge in [0.1, 0.15) is 5.76 Å². The van der Waals surface area contributed by atoms with Crippen molar-refractivity contribution < 1.29 is 9.21 Å². The Morgan fingerprint density at radius 3 is 2.82 bits per heavy atom. The predicted octanol–water partition coefficient (Wildman–Crippen LogP) is 1.04. The highest BCUT2D eigenvalue weighted by molar-refractivity contribution is 5.78.